The topological polar surface area (TPSA) is 73.9 Å². The van der Waals surface area contributed by atoms with Crippen LogP contribution < -0.4 is 10.5 Å². The van der Waals surface area contributed by atoms with Gasteiger partial charge in [0.2, 0.25) is 0 Å². The summed E-state index contributed by atoms with van der Waals surface area (Å²) in [4.78, 5) is 13.7. The van der Waals surface area contributed by atoms with Gasteiger partial charge in [-0.1, -0.05) is 24.2 Å². The summed E-state index contributed by atoms with van der Waals surface area (Å²) < 4.78 is 5.94. The third kappa shape index (κ3) is 2.48. The molecule has 0 aliphatic heterocycles. The van der Waals surface area contributed by atoms with Gasteiger partial charge >= 0.3 is 6.01 Å². The van der Waals surface area contributed by atoms with Crippen molar-refractivity contribution in [3.63, 3.8) is 0 Å². The van der Waals surface area contributed by atoms with E-state index in [1.54, 1.807) is 12.4 Å². The molecule has 0 radical (unpaired) electrons. The molecule has 21 heavy (non-hydrogen) atoms. The third-order valence-corrected chi connectivity index (χ3v) is 5.52. The Kier molecular flexibility index (Phi) is 3.06. The van der Waals surface area contributed by atoms with Gasteiger partial charge in [0.1, 0.15) is 6.10 Å². The van der Waals surface area contributed by atoms with E-state index in [1.807, 2.05) is 6.07 Å². The minimum Gasteiger partial charge on any atom is -0.460 e. The maximum Gasteiger partial charge on any atom is 0.317 e. The molecule has 5 nitrogen and oxygen atoms in total. The van der Waals surface area contributed by atoms with E-state index in [9.17, 15) is 0 Å². The van der Waals surface area contributed by atoms with Crippen LogP contribution in [0.5, 0.6) is 6.01 Å². The first-order valence-electron chi connectivity index (χ1n) is 7.44. The van der Waals surface area contributed by atoms with Crippen LogP contribution in [-0.4, -0.2) is 21.1 Å². The maximum atomic E-state index is 5.94. The predicted molar refractivity (Wildman–Crippen MR) is 82.1 cm³/mol. The number of rotatable bonds is 3. The van der Waals surface area contributed by atoms with Gasteiger partial charge in [-0.15, -0.1) is 0 Å². The summed E-state index contributed by atoms with van der Waals surface area (Å²) in [7, 11) is 0. The first-order valence-corrected chi connectivity index (χ1v) is 8.26. The maximum absolute atomic E-state index is 5.94. The second-order valence-electron chi connectivity index (χ2n) is 6.14. The van der Waals surface area contributed by atoms with E-state index in [0.29, 0.717) is 16.6 Å². The summed E-state index contributed by atoms with van der Waals surface area (Å²) in [5, 5.41) is 0.549. The highest BCUT2D eigenvalue weighted by molar-refractivity contribution is 7.18. The molecule has 2 aliphatic rings. The average molecular weight is 302 g/mol. The summed E-state index contributed by atoms with van der Waals surface area (Å²) >= 11 is 1.42. The standard InChI is InChI=1S/C15H18N4OS/c16-13-18-9-12(21-13)11-3-6-17-14(19-11)20-10-7-15(8-10)4-1-2-5-15/h3,6,9-10H,1-2,4-5,7-8H2,(H2,16,18). The van der Waals surface area contributed by atoms with Gasteiger partial charge in [-0.3, -0.25) is 0 Å². The first kappa shape index (κ1) is 13.0. The van der Waals surface area contributed by atoms with Crippen LogP contribution in [0.15, 0.2) is 18.5 Å². The van der Waals surface area contributed by atoms with Crippen LogP contribution >= 0.6 is 11.3 Å². The lowest BCUT2D eigenvalue weighted by atomic mass is 9.66. The van der Waals surface area contributed by atoms with Crippen molar-refractivity contribution in [2.75, 3.05) is 5.73 Å². The molecule has 2 heterocycles. The van der Waals surface area contributed by atoms with Crippen molar-refractivity contribution in [3.05, 3.63) is 18.5 Å². The highest BCUT2D eigenvalue weighted by Gasteiger charge is 2.47. The summed E-state index contributed by atoms with van der Waals surface area (Å²) in [5.74, 6) is 0. The molecular formula is C15H18N4OS. The fraction of sp³-hybridized carbons (Fsp3) is 0.533. The lowest BCUT2D eigenvalue weighted by molar-refractivity contribution is -0.0154. The molecule has 0 amide bonds. The molecule has 2 aromatic heterocycles. The summed E-state index contributed by atoms with van der Waals surface area (Å²) in [6, 6.07) is 2.33. The number of hydrogen-bond acceptors (Lipinski definition) is 6. The second kappa shape index (κ2) is 4.94. The van der Waals surface area contributed by atoms with Crippen LogP contribution in [0.3, 0.4) is 0 Å². The van der Waals surface area contributed by atoms with Crippen molar-refractivity contribution in [2.24, 2.45) is 5.41 Å². The Labute approximate surface area is 127 Å². The number of aromatic nitrogens is 3. The van der Waals surface area contributed by atoms with E-state index < -0.39 is 0 Å². The summed E-state index contributed by atoms with van der Waals surface area (Å²) in [6.07, 6.45) is 11.6. The number of thiazole rings is 1. The molecule has 0 aromatic carbocycles. The Balaban J connectivity index is 1.44. The Morgan fingerprint density at radius 2 is 2.05 bits per heavy atom. The number of hydrogen-bond donors (Lipinski definition) is 1. The van der Waals surface area contributed by atoms with Crippen LogP contribution in [0.1, 0.15) is 38.5 Å². The molecule has 0 saturated heterocycles. The zero-order valence-corrected chi connectivity index (χ0v) is 12.6. The minimum absolute atomic E-state index is 0.282. The quantitative estimate of drug-likeness (QED) is 0.941. The van der Waals surface area contributed by atoms with E-state index in [-0.39, 0.29) is 6.10 Å². The number of ether oxygens (including phenoxy) is 1. The second-order valence-corrected chi connectivity index (χ2v) is 7.20. The van der Waals surface area contributed by atoms with E-state index >= 15 is 0 Å². The molecule has 2 N–H and O–H groups in total. The summed E-state index contributed by atoms with van der Waals surface area (Å²) in [5.41, 5.74) is 7.07. The fourth-order valence-electron chi connectivity index (χ4n) is 3.61. The Morgan fingerprint density at radius 1 is 1.24 bits per heavy atom. The Hall–Kier alpha value is -1.69. The lowest BCUT2D eigenvalue weighted by Gasteiger charge is -2.44. The van der Waals surface area contributed by atoms with Gasteiger partial charge in [-0.05, 0) is 37.2 Å². The predicted octanol–water partition coefficient (Wildman–Crippen LogP) is 3.28. The third-order valence-electron chi connectivity index (χ3n) is 4.67. The fourth-order valence-corrected chi connectivity index (χ4v) is 4.27. The molecule has 110 valence electrons. The molecule has 0 bridgehead atoms. The molecule has 4 rings (SSSR count). The van der Waals surface area contributed by atoms with Crippen molar-refractivity contribution < 1.29 is 4.74 Å². The molecule has 2 saturated carbocycles. The van der Waals surface area contributed by atoms with Crippen LogP contribution in [0.2, 0.25) is 0 Å². The molecule has 0 unspecified atom stereocenters. The van der Waals surface area contributed by atoms with Gasteiger partial charge in [0.25, 0.3) is 0 Å². The first-order chi connectivity index (χ1) is 10.2. The van der Waals surface area contributed by atoms with Crippen molar-refractivity contribution in [1.82, 2.24) is 15.0 Å². The van der Waals surface area contributed by atoms with Gasteiger partial charge < -0.3 is 10.5 Å². The molecule has 0 atom stereocenters. The van der Waals surface area contributed by atoms with Crippen molar-refractivity contribution in [2.45, 2.75) is 44.6 Å². The van der Waals surface area contributed by atoms with Crippen LogP contribution in [0.25, 0.3) is 10.6 Å². The van der Waals surface area contributed by atoms with E-state index in [1.165, 1.54) is 37.0 Å². The number of anilines is 1. The molecule has 2 fully saturated rings. The van der Waals surface area contributed by atoms with Gasteiger partial charge in [-0.25, -0.2) is 9.97 Å². The van der Waals surface area contributed by atoms with Gasteiger partial charge in [0.05, 0.1) is 10.6 Å². The largest absolute Gasteiger partial charge is 0.460 e. The van der Waals surface area contributed by atoms with E-state index in [2.05, 4.69) is 15.0 Å². The SMILES string of the molecule is Nc1ncc(-c2ccnc(OC3CC4(CCCC4)C3)n2)s1. The smallest absolute Gasteiger partial charge is 0.317 e. The summed E-state index contributed by atoms with van der Waals surface area (Å²) in [6.45, 7) is 0. The number of nitrogens with zero attached hydrogens (tertiary/aromatic N) is 3. The number of nitrogens with two attached hydrogens (primary N) is 1. The molecule has 2 aliphatic carbocycles. The van der Waals surface area contributed by atoms with Crippen LogP contribution in [-0.2, 0) is 0 Å². The molecule has 2 aromatic rings. The van der Waals surface area contributed by atoms with Crippen LogP contribution in [0, 0.1) is 5.41 Å². The van der Waals surface area contributed by atoms with E-state index in [4.69, 9.17) is 10.5 Å². The average Bonchev–Trinajstić information content (AvgIpc) is 3.08. The van der Waals surface area contributed by atoms with Gasteiger partial charge in [0.15, 0.2) is 5.13 Å². The Bertz CT molecular complexity index is 643. The molecule has 1 spiro atoms. The van der Waals surface area contributed by atoms with Crippen molar-refractivity contribution in [3.8, 4) is 16.6 Å². The zero-order valence-electron chi connectivity index (χ0n) is 11.8. The number of nitrogen functional groups attached to an aromatic ring is 1. The molecular weight excluding hydrogens is 284 g/mol. The highest BCUT2D eigenvalue weighted by atomic mass is 32.1. The lowest BCUT2D eigenvalue weighted by Crippen LogP contribution is -2.42. The van der Waals surface area contributed by atoms with Gasteiger partial charge in [0, 0.05) is 12.4 Å². The normalized spacial score (nSPS) is 20.6. The van der Waals surface area contributed by atoms with Crippen molar-refractivity contribution >= 4 is 16.5 Å². The van der Waals surface area contributed by atoms with Gasteiger partial charge in [-0.2, -0.15) is 4.98 Å². The van der Waals surface area contributed by atoms with Crippen molar-refractivity contribution in [1.29, 1.82) is 0 Å². The van der Waals surface area contributed by atoms with Crippen LogP contribution in [0.4, 0.5) is 5.13 Å². The zero-order chi connectivity index (χ0) is 14.3. The monoisotopic (exact) mass is 302 g/mol. The minimum atomic E-state index is 0.282. The Morgan fingerprint density at radius 3 is 2.76 bits per heavy atom. The van der Waals surface area contributed by atoms with E-state index in [0.717, 1.165) is 23.4 Å². The molecule has 6 heteroatoms. The highest BCUT2D eigenvalue weighted by Crippen LogP contribution is 2.53.